The average molecular weight is 353 g/mol. The van der Waals surface area contributed by atoms with E-state index in [1.165, 1.54) is 6.42 Å². The van der Waals surface area contributed by atoms with Crippen LogP contribution in [0.2, 0.25) is 0 Å². The van der Waals surface area contributed by atoms with Crippen molar-refractivity contribution in [2.75, 3.05) is 6.61 Å². The fourth-order valence-electron chi connectivity index (χ4n) is 3.22. The molecule has 0 spiro atoms. The normalized spacial score (nSPS) is 37.7. The summed E-state index contributed by atoms with van der Waals surface area (Å²) in [6.45, 7) is 17.7. The van der Waals surface area contributed by atoms with E-state index in [1.807, 2.05) is 46.8 Å². The van der Waals surface area contributed by atoms with Gasteiger partial charge in [-0.15, -0.1) is 0 Å². The van der Waals surface area contributed by atoms with Gasteiger partial charge in [-0.3, -0.25) is 0 Å². The van der Waals surface area contributed by atoms with Gasteiger partial charge in [0.15, 0.2) is 6.29 Å². The Bertz CT molecular complexity index is 466. The molecule has 0 amide bonds. The summed E-state index contributed by atoms with van der Waals surface area (Å²) in [6, 6.07) is 0. The maximum atomic E-state index is 9.74. The lowest BCUT2D eigenvalue weighted by atomic mass is 9.79. The second kappa shape index (κ2) is 8.37. The fraction of sp³-hybridized carbons (Fsp3) is 0.818. The van der Waals surface area contributed by atoms with E-state index in [-0.39, 0.29) is 16.6 Å². The number of hydrogen-bond acceptors (Lipinski definition) is 3. The van der Waals surface area contributed by atoms with Crippen molar-refractivity contribution in [2.24, 2.45) is 10.8 Å². The quantitative estimate of drug-likeness (QED) is 0.654. The van der Waals surface area contributed by atoms with Crippen LogP contribution in [0.15, 0.2) is 24.3 Å². The minimum absolute atomic E-state index is 0.00424. The Morgan fingerprint density at radius 2 is 1.32 bits per heavy atom. The first-order valence-corrected chi connectivity index (χ1v) is 9.65. The van der Waals surface area contributed by atoms with Crippen molar-refractivity contribution in [3.63, 3.8) is 0 Å². The van der Waals surface area contributed by atoms with Crippen LogP contribution in [-0.2, 0) is 9.47 Å². The van der Waals surface area contributed by atoms with E-state index in [0.717, 1.165) is 25.9 Å². The van der Waals surface area contributed by atoms with Crippen LogP contribution in [0.25, 0.3) is 0 Å². The van der Waals surface area contributed by atoms with E-state index in [4.69, 9.17) is 9.47 Å². The van der Waals surface area contributed by atoms with Crippen LogP contribution in [0.1, 0.15) is 81.1 Å². The largest absolute Gasteiger partial charge is 0.371 e. The minimum Gasteiger partial charge on any atom is -0.371 e. The number of aliphatic hydroxyl groups excluding tert-OH is 1. The summed E-state index contributed by atoms with van der Waals surface area (Å²) in [4.78, 5) is 0. The number of rotatable bonds is 2. The second-order valence-corrected chi connectivity index (χ2v) is 9.54. The highest BCUT2D eigenvalue weighted by Gasteiger charge is 2.40. The monoisotopic (exact) mass is 352 g/mol. The van der Waals surface area contributed by atoms with Crippen molar-refractivity contribution >= 4 is 0 Å². The SMILES string of the molecule is CC=CC1(C)CCC(C)(C)C(O)O1.CC=CC1(C)CCC(C)(C)CO1. The van der Waals surface area contributed by atoms with Gasteiger partial charge in [-0.1, -0.05) is 52.0 Å². The molecule has 3 unspecified atom stereocenters. The van der Waals surface area contributed by atoms with Gasteiger partial charge >= 0.3 is 0 Å². The van der Waals surface area contributed by atoms with Crippen LogP contribution in [0.5, 0.6) is 0 Å². The summed E-state index contributed by atoms with van der Waals surface area (Å²) in [5, 5.41) is 9.74. The Morgan fingerprint density at radius 3 is 1.76 bits per heavy atom. The Balaban J connectivity index is 0.000000251. The molecule has 25 heavy (non-hydrogen) atoms. The van der Waals surface area contributed by atoms with Gasteiger partial charge in [0.2, 0.25) is 0 Å². The van der Waals surface area contributed by atoms with E-state index >= 15 is 0 Å². The van der Waals surface area contributed by atoms with E-state index < -0.39 is 6.29 Å². The predicted molar refractivity (Wildman–Crippen MR) is 106 cm³/mol. The van der Waals surface area contributed by atoms with E-state index in [9.17, 15) is 5.11 Å². The molecule has 0 saturated carbocycles. The second-order valence-electron chi connectivity index (χ2n) is 9.54. The fourth-order valence-corrected chi connectivity index (χ4v) is 3.22. The van der Waals surface area contributed by atoms with E-state index in [1.54, 1.807) is 0 Å². The molecule has 1 N–H and O–H groups in total. The van der Waals surface area contributed by atoms with Crippen molar-refractivity contribution in [1.82, 2.24) is 0 Å². The molecule has 2 rings (SSSR count). The smallest absolute Gasteiger partial charge is 0.160 e. The number of ether oxygens (including phenoxy) is 2. The molecule has 0 aliphatic carbocycles. The van der Waals surface area contributed by atoms with Crippen LogP contribution in [0, 0.1) is 10.8 Å². The highest BCUT2D eigenvalue weighted by atomic mass is 16.6. The summed E-state index contributed by atoms with van der Waals surface area (Å²) in [5.74, 6) is 0. The highest BCUT2D eigenvalue weighted by Crippen LogP contribution is 2.40. The molecule has 0 radical (unpaired) electrons. The molecule has 0 bridgehead atoms. The van der Waals surface area contributed by atoms with Gasteiger partial charge in [-0.2, -0.15) is 0 Å². The van der Waals surface area contributed by atoms with Crippen molar-refractivity contribution in [3.05, 3.63) is 24.3 Å². The van der Waals surface area contributed by atoms with Crippen LogP contribution >= 0.6 is 0 Å². The lowest BCUT2D eigenvalue weighted by Gasteiger charge is -2.43. The molecule has 2 heterocycles. The summed E-state index contributed by atoms with van der Waals surface area (Å²) in [7, 11) is 0. The summed E-state index contributed by atoms with van der Waals surface area (Å²) < 4.78 is 11.4. The molecule has 3 nitrogen and oxygen atoms in total. The molecule has 0 aromatic heterocycles. The molecule has 3 heteroatoms. The zero-order valence-electron chi connectivity index (χ0n) is 17.7. The molecular formula is C22H40O3. The van der Waals surface area contributed by atoms with Crippen molar-refractivity contribution < 1.29 is 14.6 Å². The molecule has 0 aromatic carbocycles. The van der Waals surface area contributed by atoms with Crippen LogP contribution < -0.4 is 0 Å². The lowest BCUT2D eigenvalue weighted by Crippen LogP contribution is -2.46. The molecule has 146 valence electrons. The van der Waals surface area contributed by atoms with Gasteiger partial charge in [0.25, 0.3) is 0 Å². The molecule has 2 aliphatic heterocycles. The standard InChI is InChI=1S/C11H20O2.C11H20O/c1-5-6-11(4)8-7-10(2,3)9(12)13-11;1-5-6-11(4)8-7-10(2,3)9-12-11/h5-6,9,12H,7-8H2,1-4H3;5-6H,7-9H2,1-4H3. The maximum Gasteiger partial charge on any atom is 0.160 e. The topological polar surface area (TPSA) is 38.7 Å². The molecule has 2 fully saturated rings. The first-order valence-electron chi connectivity index (χ1n) is 9.65. The molecular weight excluding hydrogens is 312 g/mol. The molecule has 2 aliphatic rings. The van der Waals surface area contributed by atoms with Gasteiger partial charge in [0.05, 0.1) is 17.8 Å². The third-order valence-electron chi connectivity index (χ3n) is 5.44. The van der Waals surface area contributed by atoms with Crippen LogP contribution in [0.4, 0.5) is 0 Å². The van der Waals surface area contributed by atoms with E-state index in [2.05, 4.69) is 32.9 Å². The summed E-state index contributed by atoms with van der Waals surface area (Å²) >= 11 is 0. The lowest BCUT2D eigenvalue weighted by molar-refractivity contribution is -0.243. The highest BCUT2D eigenvalue weighted by molar-refractivity contribution is 5.02. The number of hydrogen-bond donors (Lipinski definition) is 1. The molecule has 3 atom stereocenters. The minimum atomic E-state index is -0.651. The first kappa shape index (κ1) is 22.4. The zero-order chi connectivity index (χ0) is 19.4. The molecule has 0 aromatic rings. The van der Waals surface area contributed by atoms with Crippen molar-refractivity contribution in [3.8, 4) is 0 Å². The van der Waals surface area contributed by atoms with E-state index in [0.29, 0.717) is 5.41 Å². The average Bonchev–Trinajstić information content (AvgIpc) is 2.49. The van der Waals surface area contributed by atoms with Gasteiger partial charge in [0, 0.05) is 5.41 Å². The first-order chi connectivity index (χ1) is 11.4. The van der Waals surface area contributed by atoms with Crippen molar-refractivity contribution in [1.29, 1.82) is 0 Å². The summed E-state index contributed by atoms with van der Waals surface area (Å²) in [5.41, 5.74) is -0.00383. The van der Waals surface area contributed by atoms with Crippen LogP contribution in [-0.4, -0.2) is 29.2 Å². The Kier molecular flexibility index (Phi) is 7.50. The number of allylic oxidation sites excluding steroid dienone is 2. The predicted octanol–water partition coefficient (Wildman–Crippen LogP) is 5.63. The van der Waals surface area contributed by atoms with Gasteiger partial charge < -0.3 is 14.6 Å². The van der Waals surface area contributed by atoms with Gasteiger partial charge in [-0.05, 0) is 58.8 Å². The van der Waals surface area contributed by atoms with Gasteiger partial charge in [0.1, 0.15) is 0 Å². The van der Waals surface area contributed by atoms with Gasteiger partial charge in [-0.25, -0.2) is 0 Å². The summed E-state index contributed by atoms with van der Waals surface area (Å²) in [6.07, 6.45) is 12.0. The maximum absolute atomic E-state index is 9.74. The third-order valence-corrected chi connectivity index (χ3v) is 5.44. The Morgan fingerprint density at radius 1 is 0.800 bits per heavy atom. The number of aliphatic hydroxyl groups is 1. The molecule has 2 saturated heterocycles. The zero-order valence-corrected chi connectivity index (χ0v) is 17.7. The van der Waals surface area contributed by atoms with Crippen molar-refractivity contribution in [2.45, 2.75) is 98.6 Å². The van der Waals surface area contributed by atoms with Crippen LogP contribution in [0.3, 0.4) is 0 Å². The Hall–Kier alpha value is -0.640. The Labute approximate surface area is 155 Å². The third kappa shape index (κ3) is 6.88.